The Balaban J connectivity index is 2.14. The SMILES string of the molecule is CCN(CC)c1ccc(NC(=O)c2cccc(C)c2O)cn1. The Kier molecular flexibility index (Phi) is 4.99. The molecule has 2 rings (SSSR count). The smallest absolute Gasteiger partial charge is 0.259 e. The molecule has 1 amide bonds. The summed E-state index contributed by atoms with van der Waals surface area (Å²) in [4.78, 5) is 18.7. The number of carbonyl (C=O) groups excluding carboxylic acids is 1. The Hall–Kier alpha value is -2.56. The summed E-state index contributed by atoms with van der Waals surface area (Å²) in [7, 11) is 0. The van der Waals surface area contributed by atoms with Gasteiger partial charge in [-0.1, -0.05) is 12.1 Å². The second-order valence-electron chi connectivity index (χ2n) is 5.00. The molecule has 5 nitrogen and oxygen atoms in total. The molecule has 5 heteroatoms. The molecule has 2 N–H and O–H groups in total. The van der Waals surface area contributed by atoms with Crippen molar-refractivity contribution in [2.24, 2.45) is 0 Å². The highest BCUT2D eigenvalue weighted by atomic mass is 16.3. The molecule has 116 valence electrons. The van der Waals surface area contributed by atoms with Crippen LogP contribution in [0.5, 0.6) is 5.75 Å². The normalized spacial score (nSPS) is 10.3. The first-order chi connectivity index (χ1) is 10.6. The van der Waals surface area contributed by atoms with E-state index in [2.05, 4.69) is 29.0 Å². The fourth-order valence-corrected chi connectivity index (χ4v) is 2.24. The van der Waals surface area contributed by atoms with Crippen molar-refractivity contribution in [1.29, 1.82) is 0 Å². The molecule has 22 heavy (non-hydrogen) atoms. The lowest BCUT2D eigenvalue weighted by atomic mass is 10.1. The summed E-state index contributed by atoms with van der Waals surface area (Å²) in [6.07, 6.45) is 1.62. The van der Waals surface area contributed by atoms with Crippen molar-refractivity contribution >= 4 is 17.4 Å². The molecule has 0 aliphatic rings. The second-order valence-corrected chi connectivity index (χ2v) is 5.00. The number of para-hydroxylation sites is 1. The molecule has 0 fully saturated rings. The van der Waals surface area contributed by atoms with Crippen LogP contribution in [-0.4, -0.2) is 29.1 Å². The van der Waals surface area contributed by atoms with E-state index >= 15 is 0 Å². The zero-order valence-electron chi connectivity index (χ0n) is 13.1. The van der Waals surface area contributed by atoms with E-state index in [0.717, 1.165) is 18.9 Å². The predicted octanol–water partition coefficient (Wildman–Crippen LogP) is 3.19. The van der Waals surface area contributed by atoms with Crippen LogP contribution in [0.1, 0.15) is 29.8 Å². The summed E-state index contributed by atoms with van der Waals surface area (Å²) in [5.74, 6) is 0.535. The van der Waals surface area contributed by atoms with E-state index in [9.17, 15) is 9.90 Å². The molecule has 0 bridgehead atoms. The molecule has 0 saturated carbocycles. The summed E-state index contributed by atoms with van der Waals surface area (Å²) in [6.45, 7) is 7.66. The topological polar surface area (TPSA) is 65.5 Å². The summed E-state index contributed by atoms with van der Waals surface area (Å²) in [5.41, 5.74) is 1.53. The minimum atomic E-state index is -0.349. The van der Waals surface area contributed by atoms with Crippen LogP contribution in [0.15, 0.2) is 36.5 Å². The minimum absolute atomic E-state index is 0.00715. The fourth-order valence-electron chi connectivity index (χ4n) is 2.24. The maximum atomic E-state index is 12.2. The Bertz CT molecular complexity index is 649. The van der Waals surface area contributed by atoms with Gasteiger partial charge in [0.15, 0.2) is 0 Å². The Labute approximate surface area is 130 Å². The highest BCUT2D eigenvalue weighted by Crippen LogP contribution is 2.22. The number of benzene rings is 1. The number of aryl methyl sites for hydroxylation is 1. The van der Waals surface area contributed by atoms with Gasteiger partial charge in [-0.15, -0.1) is 0 Å². The van der Waals surface area contributed by atoms with Crippen LogP contribution in [0.3, 0.4) is 0 Å². The quantitative estimate of drug-likeness (QED) is 0.890. The molecule has 0 atom stereocenters. The average Bonchev–Trinajstić information content (AvgIpc) is 2.52. The van der Waals surface area contributed by atoms with Gasteiger partial charge in [0.1, 0.15) is 11.6 Å². The fraction of sp³-hybridized carbons (Fsp3) is 0.294. The number of aromatic hydroxyl groups is 1. The number of phenols is 1. The van der Waals surface area contributed by atoms with Gasteiger partial charge in [-0.3, -0.25) is 4.79 Å². The van der Waals surface area contributed by atoms with Gasteiger partial charge in [-0.2, -0.15) is 0 Å². The number of nitrogens with one attached hydrogen (secondary N) is 1. The van der Waals surface area contributed by atoms with E-state index in [0.29, 0.717) is 11.3 Å². The molecule has 0 unspecified atom stereocenters. The summed E-state index contributed by atoms with van der Waals surface area (Å²) in [5, 5.41) is 12.7. The van der Waals surface area contributed by atoms with Crippen molar-refractivity contribution in [2.75, 3.05) is 23.3 Å². The molecule has 0 aliphatic heterocycles. The molecule has 1 aromatic heterocycles. The second kappa shape index (κ2) is 6.93. The number of rotatable bonds is 5. The van der Waals surface area contributed by atoms with Gasteiger partial charge in [0.2, 0.25) is 0 Å². The van der Waals surface area contributed by atoms with E-state index in [1.54, 1.807) is 31.3 Å². The van der Waals surface area contributed by atoms with Gasteiger partial charge in [0.25, 0.3) is 5.91 Å². The standard InChI is InChI=1S/C17H21N3O2/c1-4-20(5-2)15-10-9-13(11-18-15)19-17(22)14-8-6-7-12(3)16(14)21/h6-11,21H,4-5H2,1-3H3,(H,19,22). The van der Waals surface area contributed by atoms with Crippen molar-refractivity contribution in [3.63, 3.8) is 0 Å². The van der Waals surface area contributed by atoms with Crippen LogP contribution in [0.25, 0.3) is 0 Å². The number of amides is 1. The number of hydrogen-bond donors (Lipinski definition) is 2. The molecule has 1 aromatic carbocycles. The third-order valence-electron chi connectivity index (χ3n) is 3.58. The van der Waals surface area contributed by atoms with E-state index in [1.807, 2.05) is 12.1 Å². The molecule has 0 saturated heterocycles. The van der Waals surface area contributed by atoms with Crippen molar-refractivity contribution in [2.45, 2.75) is 20.8 Å². The molecule has 0 spiro atoms. The molecular weight excluding hydrogens is 278 g/mol. The van der Waals surface area contributed by atoms with Gasteiger partial charge < -0.3 is 15.3 Å². The van der Waals surface area contributed by atoms with Crippen molar-refractivity contribution in [3.8, 4) is 5.75 Å². The van der Waals surface area contributed by atoms with Crippen LogP contribution < -0.4 is 10.2 Å². The zero-order chi connectivity index (χ0) is 16.1. The lowest BCUT2D eigenvalue weighted by molar-refractivity contribution is 0.102. The lowest BCUT2D eigenvalue weighted by Gasteiger charge is -2.19. The number of hydrogen-bond acceptors (Lipinski definition) is 4. The molecule has 1 heterocycles. The van der Waals surface area contributed by atoms with E-state index in [1.165, 1.54) is 0 Å². The minimum Gasteiger partial charge on any atom is -0.507 e. The van der Waals surface area contributed by atoms with Crippen LogP contribution in [0.4, 0.5) is 11.5 Å². The molecule has 0 aliphatic carbocycles. The Morgan fingerprint density at radius 1 is 1.23 bits per heavy atom. The van der Waals surface area contributed by atoms with Gasteiger partial charge in [-0.25, -0.2) is 4.98 Å². The van der Waals surface area contributed by atoms with Crippen LogP contribution in [0, 0.1) is 6.92 Å². The van der Waals surface area contributed by atoms with E-state index in [4.69, 9.17) is 0 Å². The van der Waals surface area contributed by atoms with Gasteiger partial charge in [-0.05, 0) is 44.5 Å². The molecule has 0 radical (unpaired) electrons. The van der Waals surface area contributed by atoms with Crippen LogP contribution >= 0.6 is 0 Å². The number of nitrogens with zero attached hydrogens (tertiary/aromatic N) is 2. The third-order valence-corrected chi connectivity index (χ3v) is 3.58. The first-order valence-corrected chi connectivity index (χ1v) is 7.37. The number of anilines is 2. The monoisotopic (exact) mass is 299 g/mol. The maximum Gasteiger partial charge on any atom is 0.259 e. The van der Waals surface area contributed by atoms with Crippen LogP contribution in [-0.2, 0) is 0 Å². The van der Waals surface area contributed by atoms with E-state index < -0.39 is 0 Å². The number of aromatic nitrogens is 1. The average molecular weight is 299 g/mol. The van der Waals surface area contributed by atoms with E-state index in [-0.39, 0.29) is 17.2 Å². The largest absolute Gasteiger partial charge is 0.507 e. The van der Waals surface area contributed by atoms with Crippen molar-refractivity contribution < 1.29 is 9.90 Å². The zero-order valence-corrected chi connectivity index (χ0v) is 13.1. The van der Waals surface area contributed by atoms with Crippen LogP contribution in [0.2, 0.25) is 0 Å². The first kappa shape index (κ1) is 15.8. The summed E-state index contributed by atoms with van der Waals surface area (Å²) in [6, 6.07) is 8.78. The van der Waals surface area contributed by atoms with Gasteiger partial charge in [0.05, 0.1) is 17.4 Å². The third kappa shape index (κ3) is 3.36. The predicted molar refractivity (Wildman–Crippen MR) is 88.6 cm³/mol. The summed E-state index contributed by atoms with van der Waals surface area (Å²) >= 11 is 0. The van der Waals surface area contributed by atoms with Gasteiger partial charge >= 0.3 is 0 Å². The first-order valence-electron chi connectivity index (χ1n) is 7.37. The molecule has 2 aromatic rings. The highest BCUT2D eigenvalue weighted by Gasteiger charge is 2.13. The summed E-state index contributed by atoms with van der Waals surface area (Å²) < 4.78 is 0. The van der Waals surface area contributed by atoms with Gasteiger partial charge in [0, 0.05) is 13.1 Å². The molecular formula is C17H21N3O2. The lowest BCUT2D eigenvalue weighted by Crippen LogP contribution is -2.22. The number of carbonyl (C=O) groups is 1. The highest BCUT2D eigenvalue weighted by molar-refractivity contribution is 6.06. The number of pyridine rings is 1. The Morgan fingerprint density at radius 2 is 1.95 bits per heavy atom. The van der Waals surface area contributed by atoms with Crippen molar-refractivity contribution in [3.05, 3.63) is 47.7 Å². The number of phenolic OH excluding ortho intramolecular Hbond substituents is 1. The maximum absolute atomic E-state index is 12.2. The van der Waals surface area contributed by atoms with Crippen molar-refractivity contribution in [1.82, 2.24) is 4.98 Å². The Morgan fingerprint density at radius 3 is 2.55 bits per heavy atom.